The van der Waals surface area contributed by atoms with E-state index in [0.717, 1.165) is 45.0 Å². The number of nitrogens with zero attached hydrogens (tertiary/aromatic N) is 2. The van der Waals surface area contributed by atoms with Crippen LogP contribution in [0.15, 0.2) is 29.3 Å². The number of ether oxygens (including phenoxy) is 1. The quantitative estimate of drug-likeness (QED) is 0.313. The number of hydrogen-bond acceptors (Lipinski definition) is 2. The Kier molecular flexibility index (Phi) is 8.32. The van der Waals surface area contributed by atoms with Crippen LogP contribution in [0, 0.1) is 0 Å². The predicted octanol–water partition coefficient (Wildman–Crippen LogP) is 3.98. The molecule has 0 bridgehead atoms. The molecule has 0 saturated heterocycles. The maximum absolute atomic E-state index is 5.92. The first-order chi connectivity index (χ1) is 11.4. The molecule has 1 aliphatic carbocycles. The minimum atomic E-state index is 0. The lowest BCUT2D eigenvalue weighted by molar-refractivity contribution is 0.0579. The number of nitrogens with one attached hydrogen (secondary N) is 1. The van der Waals surface area contributed by atoms with Crippen LogP contribution in [0.2, 0.25) is 0 Å². The summed E-state index contributed by atoms with van der Waals surface area (Å²) in [5.74, 6) is 1.01. The van der Waals surface area contributed by atoms with E-state index >= 15 is 0 Å². The fourth-order valence-corrected chi connectivity index (χ4v) is 3.51. The number of anilines is 1. The highest BCUT2D eigenvalue weighted by atomic mass is 127. The number of hydrogen-bond donors (Lipinski definition) is 1. The Morgan fingerprint density at radius 2 is 2.08 bits per heavy atom. The van der Waals surface area contributed by atoms with E-state index < -0.39 is 0 Å². The second-order valence-electron chi connectivity index (χ2n) is 6.40. The number of benzene rings is 1. The number of fused-ring (bicyclic) bond motifs is 1. The van der Waals surface area contributed by atoms with E-state index in [0.29, 0.717) is 6.10 Å². The van der Waals surface area contributed by atoms with Gasteiger partial charge in [0.25, 0.3) is 0 Å². The molecule has 4 nitrogen and oxygen atoms in total. The Balaban J connectivity index is 0.00000208. The van der Waals surface area contributed by atoms with Gasteiger partial charge in [-0.25, -0.2) is 0 Å². The smallest absolute Gasteiger partial charge is 0.198 e. The van der Waals surface area contributed by atoms with Crippen LogP contribution in [0.5, 0.6) is 0 Å². The molecule has 1 saturated carbocycles. The number of guanidine groups is 1. The molecule has 3 rings (SSSR count). The molecule has 5 heteroatoms. The molecule has 24 heavy (non-hydrogen) atoms. The van der Waals surface area contributed by atoms with Gasteiger partial charge in [0.15, 0.2) is 5.96 Å². The van der Waals surface area contributed by atoms with Gasteiger partial charge in [0.05, 0.1) is 6.10 Å². The topological polar surface area (TPSA) is 36.9 Å². The molecule has 0 aromatic heterocycles. The van der Waals surface area contributed by atoms with Gasteiger partial charge < -0.3 is 15.0 Å². The van der Waals surface area contributed by atoms with Gasteiger partial charge in [0, 0.05) is 31.9 Å². The molecule has 0 radical (unpaired) electrons. The molecule has 0 unspecified atom stereocenters. The third-order valence-electron chi connectivity index (χ3n) is 4.70. The van der Waals surface area contributed by atoms with Crippen molar-refractivity contribution in [2.45, 2.75) is 51.6 Å². The van der Waals surface area contributed by atoms with E-state index in [4.69, 9.17) is 9.73 Å². The van der Waals surface area contributed by atoms with Crippen LogP contribution in [-0.4, -0.2) is 38.3 Å². The summed E-state index contributed by atoms with van der Waals surface area (Å²) in [6.07, 6.45) is 7.78. The van der Waals surface area contributed by atoms with E-state index in [2.05, 4.69) is 41.4 Å². The summed E-state index contributed by atoms with van der Waals surface area (Å²) in [5, 5.41) is 3.43. The van der Waals surface area contributed by atoms with Crippen LogP contribution in [-0.2, 0) is 11.2 Å². The van der Waals surface area contributed by atoms with Gasteiger partial charge in [-0.2, -0.15) is 0 Å². The summed E-state index contributed by atoms with van der Waals surface area (Å²) in [7, 11) is 0. The molecule has 0 spiro atoms. The van der Waals surface area contributed by atoms with Crippen molar-refractivity contribution in [1.29, 1.82) is 0 Å². The van der Waals surface area contributed by atoms with Crippen molar-refractivity contribution in [3.63, 3.8) is 0 Å². The molecule has 1 fully saturated rings. The monoisotopic (exact) mass is 443 g/mol. The second kappa shape index (κ2) is 10.2. The normalized spacial score (nSPS) is 17.7. The maximum atomic E-state index is 5.92. The number of aliphatic imine (C=N–C) groups is 1. The van der Waals surface area contributed by atoms with Gasteiger partial charge in [-0.05, 0) is 44.2 Å². The van der Waals surface area contributed by atoms with Crippen molar-refractivity contribution in [1.82, 2.24) is 5.32 Å². The highest BCUT2D eigenvalue weighted by Gasteiger charge is 2.22. The van der Waals surface area contributed by atoms with E-state index in [1.54, 1.807) is 0 Å². The molecule has 0 atom stereocenters. The Labute approximate surface area is 163 Å². The van der Waals surface area contributed by atoms with Crippen molar-refractivity contribution in [2.24, 2.45) is 4.99 Å². The van der Waals surface area contributed by atoms with Gasteiger partial charge in [-0.1, -0.05) is 31.0 Å². The third-order valence-corrected chi connectivity index (χ3v) is 4.70. The molecule has 1 aromatic rings. The number of halogens is 1. The SMILES string of the molecule is CCNC(=NCCCOC1CCCC1)N1CCc2ccccc21.I. The van der Waals surface area contributed by atoms with E-state index in [-0.39, 0.29) is 24.0 Å². The molecule has 1 N–H and O–H groups in total. The lowest BCUT2D eigenvalue weighted by Crippen LogP contribution is -2.40. The van der Waals surface area contributed by atoms with Crippen LogP contribution in [0.3, 0.4) is 0 Å². The first-order valence-electron chi connectivity index (χ1n) is 9.14. The van der Waals surface area contributed by atoms with Crippen molar-refractivity contribution in [2.75, 3.05) is 31.1 Å². The first kappa shape index (κ1) is 19.5. The van der Waals surface area contributed by atoms with Crippen molar-refractivity contribution in [3.05, 3.63) is 29.8 Å². The van der Waals surface area contributed by atoms with Gasteiger partial charge in [-0.3, -0.25) is 4.99 Å². The van der Waals surface area contributed by atoms with Crippen LogP contribution in [0.1, 0.15) is 44.6 Å². The zero-order valence-corrected chi connectivity index (χ0v) is 17.0. The molecular formula is C19H30IN3O. The highest BCUT2D eigenvalue weighted by molar-refractivity contribution is 14.0. The van der Waals surface area contributed by atoms with Crippen LogP contribution >= 0.6 is 24.0 Å². The second-order valence-corrected chi connectivity index (χ2v) is 6.40. The van der Waals surface area contributed by atoms with E-state index in [9.17, 15) is 0 Å². The minimum absolute atomic E-state index is 0. The molecule has 1 heterocycles. The van der Waals surface area contributed by atoms with Crippen LogP contribution in [0.25, 0.3) is 0 Å². The molecule has 134 valence electrons. The zero-order valence-electron chi connectivity index (χ0n) is 14.7. The van der Waals surface area contributed by atoms with Crippen LogP contribution < -0.4 is 10.2 Å². The molecule has 1 aromatic carbocycles. The first-order valence-corrected chi connectivity index (χ1v) is 9.14. The Hall–Kier alpha value is -0.820. The van der Waals surface area contributed by atoms with Gasteiger partial charge in [0.1, 0.15) is 0 Å². The van der Waals surface area contributed by atoms with Gasteiger partial charge >= 0.3 is 0 Å². The Morgan fingerprint density at radius 3 is 2.88 bits per heavy atom. The summed E-state index contributed by atoms with van der Waals surface area (Å²) in [5.41, 5.74) is 2.72. The van der Waals surface area contributed by atoms with Gasteiger partial charge in [-0.15, -0.1) is 24.0 Å². The average Bonchev–Trinajstić information content (AvgIpc) is 3.23. The van der Waals surface area contributed by atoms with Gasteiger partial charge in [0.2, 0.25) is 0 Å². The summed E-state index contributed by atoms with van der Waals surface area (Å²) in [4.78, 5) is 7.13. The number of rotatable bonds is 6. The highest BCUT2D eigenvalue weighted by Crippen LogP contribution is 2.27. The fraction of sp³-hybridized carbons (Fsp3) is 0.632. The maximum Gasteiger partial charge on any atom is 0.198 e. The molecule has 1 aliphatic heterocycles. The summed E-state index contributed by atoms with van der Waals surface area (Å²) in [6.45, 7) is 5.71. The Morgan fingerprint density at radius 1 is 1.29 bits per heavy atom. The van der Waals surface area contributed by atoms with Crippen molar-refractivity contribution in [3.8, 4) is 0 Å². The fourth-order valence-electron chi connectivity index (χ4n) is 3.51. The summed E-state index contributed by atoms with van der Waals surface area (Å²) in [6, 6.07) is 8.63. The average molecular weight is 443 g/mol. The minimum Gasteiger partial charge on any atom is -0.378 e. The predicted molar refractivity (Wildman–Crippen MR) is 112 cm³/mol. The third kappa shape index (κ3) is 5.09. The lowest BCUT2D eigenvalue weighted by Gasteiger charge is -2.22. The largest absolute Gasteiger partial charge is 0.378 e. The molecule has 2 aliphatic rings. The van der Waals surface area contributed by atoms with E-state index in [1.165, 1.54) is 36.9 Å². The van der Waals surface area contributed by atoms with E-state index in [1.807, 2.05) is 0 Å². The number of para-hydroxylation sites is 1. The molecular weight excluding hydrogens is 413 g/mol. The van der Waals surface area contributed by atoms with Crippen molar-refractivity contribution >= 4 is 35.6 Å². The standard InChI is InChI=1S/C19H29N3O.HI/c1-2-20-19(21-13-7-15-23-17-9-4-5-10-17)22-14-12-16-8-3-6-11-18(16)22;/h3,6,8,11,17H,2,4-5,7,9-10,12-15H2,1H3,(H,20,21);1H. The summed E-state index contributed by atoms with van der Waals surface area (Å²) < 4.78 is 5.92. The lowest BCUT2D eigenvalue weighted by atomic mass is 10.2. The summed E-state index contributed by atoms with van der Waals surface area (Å²) >= 11 is 0. The molecule has 0 amide bonds. The van der Waals surface area contributed by atoms with Crippen molar-refractivity contribution < 1.29 is 4.74 Å². The van der Waals surface area contributed by atoms with Crippen LogP contribution in [0.4, 0.5) is 5.69 Å². The Bertz CT molecular complexity index is 529. The zero-order chi connectivity index (χ0) is 15.9.